The maximum absolute atomic E-state index is 13.4. The standard InChI is InChI=1S/C27H38Cl2N4O5/c1-8-17(4)22(32-26(36)37-27(5,6)7)24(34)31-20(16(2)3)15-33(25(35)23(28)29)19-11-9-10-18(14-19)21-12-13-30-38-21/h9-14,16-17,20,22-23H,8,15H2,1-7H3,(H,31,34)(H,32,36)/t17?,20-,22+/m1/s1. The van der Waals surface area contributed by atoms with E-state index in [-0.39, 0.29) is 24.3 Å². The number of nitrogens with one attached hydrogen (secondary N) is 2. The van der Waals surface area contributed by atoms with Gasteiger partial charge < -0.3 is 24.8 Å². The molecule has 3 amide bonds. The van der Waals surface area contributed by atoms with Gasteiger partial charge in [0.25, 0.3) is 5.91 Å². The number of anilines is 1. The van der Waals surface area contributed by atoms with E-state index >= 15 is 0 Å². The Labute approximate surface area is 234 Å². The third-order valence-corrected chi connectivity index (χ3v) is 6.39. The summed E-state index contributed by atoms with van der Waals surface area (Å²) >= 11 is 12.0. The van der Waals surface area contributed by atoms with Gasteiger partial charge in [0.2, 0.25) is 5.91 Å². The molecule has 2 N–H and O–H groups in total. The summed E-state index contributed by atoms with van der Waals surface area (Å²) in [7, 11) is 0. The molecule has 2 rings (SSSR count). The molecule has 3 atom stereocenters. The number of nitrogens with zero attached hydrogens (tertiary/aromatic N) is 2. The van der Waals surface area contributed by atoms with Gasteiger partial charge >= 0.3 is 6.09 Å². The fraction of sp³-hybridized carbons (Fsp3) is 0.556. The Hall–Kier alpha value is -2.78. The van der Waals surface area contributed by atoms with Crippen molar-refractivity contribution in [1.82, 2.24) is 15.8 Å². The lowest BCUT2D eigenvalue weighted by Crippen LogP contribution is -2.57. The van der Waals surface area contributed by atoms with E-state index in [0.29, 0.717) is 23.4 Å². The fourth-order valence-corrected chi connectivity index (χ4v) is 3.90. The Bertz CT molecular complexity index is 1070. The van der Waals surface area contributed by atoms with Crippen LogP contribution >= 0.6 is 23.2 Å². The lowest BCUT2D eigenvalue weighted by atomic mass is 9.96. The minimum Gasteiger partial charge on any atom is -0.444 e. The highest BCUT2D eigenvalue weighted by Gasteiger charge is 2.32. The molecule has 0 aliphatic heterocycles. The molecule has 0 saturated carbocycles. The number of alkyl carbamates (subject to hydrolysis) is 1. The molecule has 1 heterocycles. The summed E-state index contributed by atoms with van der Waals surface area (Å²) in [5.74, 6) is -0.615. The summed E-state index contributed by atoms with van der Waals surface area (Å²) in [6.07, 6.45) is 1.51. The van der Waals surface area contributed by atoms with Crippen molar-refractivity contribution in [3.8, 4) is 11.3 Å². The van der Waals surface area contributed by atoms with Gasteiger partial charge in [0, 0.05) is 29.9 Å². The summed E-state index contributed by atoms with van der Waals surface area (Å²) in [5, 5.41) is 9.46. The zero-order chi connectivity index (χ0) is 28.6. The Balaban J connectivity index is 2.32. The number of benzene rings is 1. The largest absolute Gasteiger partial charge is 0.444 e. The summed E-state index contributed by atoms with van der Waals surface area (Å²) in [6.45, 7) is 13.0. The maximum atomic E-state index is 13.4. The van der Waals surface area contributed by atoms with Crippen LogP contribution in [0, 0.1) is 11.8 Å². The summed E-state index contributed by atoms with van der Waals surface area (Å²) < 4.78 is 10.6. The van der Waals surface area contributed by atoms with E-state index in [9.17, 15) is 14.4 Å². The Morgan fingerprint density at radius 2 is 1.79 bits per heavy atom. The number of alkyl halides is 2. The summed E-state index contributed by atoms with van der Waals surface area (Å²) in [6, 6.07) is 7.51. The number of carbonyl (C=O) groups excluding carboxylic acids is 3. The third-order valence-electron chi connectivity index (χ3n) is 6.01. The topological polar surface area (TPSA) is 114 Å². The number of rotatable bonds is 11. The van der Waals surface area contributed by atoms with E-state index in [4.69, 9.17) is 32.5 Å². The number of hydrogen-bond acceptors (Lipinski definition) is 6. The SMILES string of the molecule is CCC(C)[C@H](NC(=O)OC(C)(C)C)C(=O)N[C@H](CN(C(=O)C(Cl)Cl)c1cccc(-c2ccno2)c1)C(C)C. The minimum atomic E-state index is -1.31. The van der Waals surface area contributed by atoms with Crippen molar-refractivity contribution >= 4 is 46.8 Å². The molecule has 0 aliphatic carbocycles. The van der Waals surface area contributed by atoms with Crippen LogP contribution in [0.5, 0.6) is 0 Å². The molecule has 0 fully saturated rings. The van der Waals surface area contributed by atoms with Gasteiger partial charge in [0.15, 0.2) is 10.6 Å². The van der Waals surface area contributed by atoms with Crippen LogP contribution in [0.2, 0.25) is 0 Å². The molecule has 210 valence electrons. The van der Waals surface area contributed by atoms with Gasteiger partial charge in [-0.2, -0.15) is 0 Å². The second-order valence-corrected chi connectivity index (χ2v) is 11.6. The molecule has 0 radical (unpaired) electrons. The molecule has 0 aliphatic rings. The molecule has 1 unspecified atom stereocenters. The van der Waals surface area contributed by atoms with Crippen molar-refractivity contribution in [2.75, 3.05) is 11.4 Å². The molecule has 38 heavy (non-hydrogen) atoms. The van der Waals surface area contributed by atoms with Crippen LogP contribution in [-0.4, -0.2) is 52.1 Å². The second-order valence-electron chi connectivity index (χ2n) is 10.5. The lowest BCUT2D eigenvalue weighted by Gasteiger charge is -2.33. The van der Waals surface area contributed by atoms with Crippen molar-refractivity contribution in [3.63, 3.8) is 0 Å². The first-order valence-corrected chi connectivity index (χ1v) is 13.5. The fourth-order valence-electron chi connectivity index (χ4n) is 3.66. The van der Waals surface area contributed by atoms with Gasteiger partial charge in [-0.05, 0) is 44.7 Å². The number of amides is 3. The Morgan fingerprint density at radius 1 is 1.11 bits per heavy atom. The smallest absolute Gasteiger partial charge is 0.408 e. The van der Waals surface area contributed by atoms with E-state index in [1.54, 1.807) is 45.0 Å². The molecule has 11 heteroatoms. The number of aromatic nitrogens is 1. The average molecular weight is 570 g/mol. The zero-order valence-corrected chi connectivity index (χ0v) is 24.5. The van der Waals surface area contributed by atoms with E-state index < -0.39 is 34.5 Å². The van der Waals surface area contributed by atoms with Crippen molar-refractivity contribution in [1.29, 1.82) is 0 Å². The van der Waals surface area contributed by atoms with Gasteiger partial charge in [-0.3, -0.25) is 9.59 Å². The van der Waals surface area contributed by atoms with Gasteiger partial charge in [-0.15, -0.1) is 0 Å². The van der Waals surface area contributed by atoms with E-state index in [1.807, 2.05) is 33.8 Å². The Kier molecular flexibility index (Phi) is 11.5. The van der Waals surface area contributed by atoms with Gasteiger partial charge in [0.05, 0.1) is 6.20 Å². The molecule has 0 saturated heterocycles. The van der Waals surface area contributed by atoms with Crippen LogP contribution in [-0.2, 0) is 14.3 Å². The number of carbonyl (C=O) groups is 3. The molecule has 9 nitrogen and oxygen atoms in total. The van der Waals surface area contributed by atoms with E-state index in [0.717, 1.165) is 0 Å². The zero-order valence-electron chi connectivity index (χ0n) is 23.0. The van der Waals surface area contributed by atoms with Crippen LogP contribution in [0.1, 0.15) is 54.9 Å². The van der Waals surface area contributed by atoms with Crippen molar-refractivity contribution in [3.05, 3.63) is 36.5 Å². The van der Waals surface area contributed by atoms with E-state index in [2.05, 4.69) is 15.8 Å². The first-order chi connectivity index (χ1) is 17.7. The maximum Gasteiger partial charge on any atom is 0.408 e. The van der Waals surface area contributed by atoms with Crippen LogP contribution in [0.4, 0.5) is 10.5 Å². The quantitative estimate of drug-likeness (QED) is 0.343. The highest BCUT2D eigenvalue weighted by atomic mass is 35.5. The van der Waals surface area contributed by atoms with Crippen molar-refractivity contribution in [2.24, 2.45) is 11.8 Å². The first kappa shape index (κ1) is 31.4. The minimum absolute atomic E-state index is 0.0742. The highest BCUT2D eigenvalue weighted by Crippen LogP contribution is 2.27. The van der Waals surface area contributed by atoms with Crippen LogP contribution in [0.3, 0.4) is 0 Å². The number of hydrogen-bond donors (Lipinski definition) is 2. The van der Waals surface area contributed by atoms with Crippen LogP contribution in [0.25, 0.3) is 11.3 Å². The molecular formula is C27H38Cl2N4O5. The first-order valence-electron chi connectivity index (χ1n) is 12.6. The predicted octanol–water partition coefficient (Wildman–Crippen LogP) is 5.56. The normalized spacial score (nSPS) is 14.1. The monoisotopic (exact) mass is 568 g/mol. The van der Waals surface area contributed by atoms with Gasteiger partial charge in [-0.25, -0.2) is 4.79 Å². The molecule has 1 aromatic heterocycles. The van der Waals surface area contributed by atoms with Crippen LogP contribution < -0.4 is 15.5 Å². The van der Waals surface area contributed by atoms with E-state index in [1.165, 1.54) is 11.1 Å². The van der Waals surface area contributed by atoms with Crippen molar-refractivity contribution in [2.45, 2.75) is 77.4 Å². The van der Waals surface area contributed by atoms with Gasteiger partial charge in [0.1, 0.15) is 11.6 Å². The Morgan fingerprint density at radius 3 is 2.32 bits per heavy atom. The number of halogens is 2. The molecule has 1 aromatic carbocycles. The highest BCUT2D eigenvalue weighted by molar-refractivity contribution is 6.54. The molecule has 2 aromatic rings. The predicted molar refractivity (Wildman–Crippen MR) is 149 cm³/mol. The van der Waals surface area contributed by atoms with Crippen LogP contribution in [0.15, 0.2) is 41.1 Å². The summed E-state index contributed by atoms with van der Waals surface area (Å²) in [4.78, 5) is 39.1. The summed E-state index contributed by atoms with van der Waals surface area (Å²) in [5.41, 5.74) is 0.532. The molecule has 0 bridgehead atoms. The third kappa shape index (κ3) is 9.20. The lowest BCUT2D eigenvalue weighted by molar-refractivity contribution is -0.125. The number of ether oxygens (including phenoxy) is 1. The molecule has 0 spiro atoms. The molecular weight excluding hydrogens is 531 g/mol. The average Bonchev–Trinajstić information content (AvgIpc) is 3.38. The van der Waals surface area contributed by atoms with Crippen molar-refractivity contribution < 1.29 is 23.6 Å². The second kappa shape index (κ2) is 13.8. The van der Waals surface area contributed by atoms with Gasteiger partial charge in [-0.1, -0.05) is 74.6 Å².